The number of halogens is 2. The predicted molar refractivity (Wildman–Crippen MR) is 77.5 cm³/mol. The summed E-state index contributed by atoms with van der Waals surface area (Å²) in [5.41, 5.74) is -1.26. The Bertz CT molecular complexity index is 759. The topological polar surface area (TPSA) is 92.7 Å². The second-order valence-corrected chi connectivity index (χ2v) is 7.21. The molecule has 1 aliphatic heterocycles. The van der Waals surface area contributed by atoms with Crippen LogP contribution in [-0.2, 0) is 25.2 Å². The molecule has 0 aliphatic carbocycles. The van der Waals surface area contributed by atoms with E-state index >= 15 is 0 Å². The minimum Gasteiger partial charge on any atom is -0.501 e. The van der Waals surface area contributed by atoms with Crippen molar-refractivity contribution in [2.45, 2.75) is 12.5 Å². The fourth-order valence-electron chi connectivity index (χ4n) is 1.85. The first kappa shape index (κ1) is 15.9. The monoisotopic (exact) mass is 351 g/mol. The lowest BCUT2D eigenvalue weighted by Crippen LogP contribution is -2.32. The molecule has 0 saturated heterocycles. The molecule has 114 valence electrons. The Hall–Kier alpha value is -1.44. The molecule has 2 N–H and O–H groups in total. The van der Waals surface area contributed by atoms with E-state index in [1.54, 1.807) is 0 Å². The van der Waals surface area contributed by atoms with E-state index in [0.29, 0.717) is 10.6 Å². The van der Waals surface area contributed by atoms with Crippen molar-refractivity contribution in [3.05, 3.63) is 45.5 Å². The molecule has 0 bridgehead atoms. The average molecular weight is 352 g/mol. The van der Waals surface area contributed by atoms with Crippen LogP contribution in [-0.4, -0.2) is 25.6 Å². The Labute approximate surface area is 131 Å². The quantitative estimate of drug-likeness (QED) is 0.869. The van der Waals surface area contributed by atoms with E-state index in [2.05, 4.69) is 0 Å². The van der Waals surface area contributed by atoms with Gasteiger partial charge in [-0.1, -0.05) is 29.3 Å². The van der Waals surface area contributed by atoms with Crippen LogP contribution in [0.1, 0.15) is 12.5 Å². The second kappa shape index (κ2) is 5.08. The number of hydrogen-bond donors (Lipinski definition) is 2. The fraction of sp³-hybridized carbons (Fsp3) is 0.250. The van der Waals surface area contributed by atoms with E-state index in [0.717, 1.165) is 6.26 Å². The highest BCUT2D eigenvalue weighted by Gasteiger charge is 2.48. The van der Waals surface area contributed by atoms with E-state index in [4.69, 9.17) is 27.9 Å². The predicted octanol–water partition coefficient (Wildman–Crippen LogP) is 2.08. The zero-order valence-electron chi connectivity index (χ0n) is 11.0. The number of sulfonamides is 1. The molecule has 0 spiro atoms. The average Bonchev–Trinajstić information content (AvgIpc) is 2.56. The lowest BCUT2D eigenvalue weighted by atomic mass is 9.92. The molecule has 9 heteroatoms. The summed E-state index contributed by atoms with van der Waals surface area (Å²) < 4.78 is 29.7. The normalized spacial score (nSPS) is 22.4. The molecule has 0 amide bonds. The van der Waals surface area contributed by atoms with Crippen molar-refractivity contribution in [2.24, 2.45) is 0 Å². The summed E-state index contributed by atoms with van der Waals surface area (Å²) in [6.45, 7) is 1.39. The number of ether oxygens (including phenoxy) is 1. The molecule has 1 aliphatic rings. The summed E-state index contributed by atoms with van der Waals surface area (Å²) in [4.78, 5) is 12.2. The van der Waals surface area contributed by atoms with Crippen LogP contribution in [0.5, 0.6) is 0 Å². The zero-order valence-corrected chi connectivity index (χ0v) is 13.3. The highest BCUT2D eigenvalue weighted by atomic mass is 35.5. The number of carbonyl (C=O) groups is 1. The van der Waals surface area contributed by atoms with Gasteiger partial charge in [0.05, 0.1) is 16.3 Å². The molecular weight excluding hydrogens is 341 g/mol. The first-order valence-corrected chi connectivity index (χ1v) is 8.30. The number of ketones is 1. The van der Waals surface area contributed by atoms with Crippen molar-refractivity contribution < 1.29 is 23.1 Å². The summed E-state index contributed by atoms with van der Waals surface area (Å²) in [5.74, 6) is -2.10. The molecule has 6 nitrogen and oxygen atoms in total. The van der Waals surface area contributed by atoms with Gasteiger partial charge in [0.15, 0.2) is 5.60 Å². The van der Waals surface area contributed by atoms with Crippen LogP contribution in [0.4, 0.5) is 0 Å². The van der Waals surface area contributed by atoms with E-state index < -0.39 is 33.0 Å². The van der Waals surface area contributed by atoms with Crippen LogP contribution in [0.2, 0.25) is 10.0 Å². The summed E-state index contributed by atoms with van der Waals surface area (Å²) in [6, 6.07) is 4.39. The third kappa shape index (κ3) is 2.95. The largest absolute Gasteiger partial charge is 0.501 e. The molecule has 1 unspecified atom stereocenters. The Morgan fingerprint density at radius 3 is 2.43 bits per heavy atom. The van der Waals surface area contributed by atoms with Crippen molar-refractivity contribution >= 4 is 39.0 Å². The van der Waals surface area contributed by atoms with E-state index in [-0.39, 0.29) is 5.02 Å². The first-order valence-electron chi connectivity index (χ1n) is 5.65. The van der Waals surface area contributed by atoms with Crippen molar-refractivity contribution in [3.63, 3.8) is 0 Å². The van der Waals surface area contributed by atoms with Gasteiger partial charge in [-0.15, -0.1) is 0 Å². The molecular formula is C12H11Cl2NO5S. The number of rotatable bonds is 3. The third-order valence-electron chi connectivity index (χ3n) is 2.92. The van der Waals surface area contributed by atoms with Crippen LogP contribution in [0.25, 0.3) is 0 Å². The molecule has 21 heavy (non-hydrogen) atoms. The van der Waals surface area contributed by atoms with Crippen LogP contribution in [0, 0.1) is 0 Å². The number of aliphatic hydroxyl groups excluding tert-OH is 1. The molecule has 2 rings (SSSR count). The van der Waals surface area contributed by atoms with Gasteiger partial charge in [0.25, 0.3) is 5.78 Å². The number of hydrogen-bond acceptors (Lipinski definition) is 5. The molecule has 1 heterocycles. The molecule has 0 aromatic heterocycles. The standard InChI is InChI=1S/C12H11Cl2NO5S/c1-12(6-3-4-7(13)8(14)5-6)10(17)9(16)11(20-12)15-21(2,18)19/h3-5,15-16H,1-2H3. The third-order valence-corrected chi connectivity index (χ3v) is 4.21. The summed E-state index contributed by atoms with van der Waals surface area (Å²) in [5, 5.41) is 10.3. The number of Topliss-reactive ketones (excluding diaryl/α,β-unsaturated/α-hetero) is 1. The molecule has 0 radical (unpaired) electrons. The van der Waals surface area contributed by atoms with Gasteiger partial charge in [0, 0.05) is 5.56 Å². The minimum atomic E-state index is -3.70. The Kier molecular flexibility index (Phi) is 3.86. The van der Waals surface area contributed by atoms with Gasteiger partial charge in [-0.3, -0.25) is 9.52 Å². The van der Waals surface area contributed by atoms with Gasteiger partial charge in [-0.25, -0.2) is 8.42 Å². The van der Waals surface area contributed by atoms with Crippen LogP contribution < -0.4 is 4.72 Å². The molecule has 1 aromatic rings. The van der Waals surface area contributed by atoms with Crippen molar-refractivity contribution in [2.75, 3.05) is 6.26 Å². The lowest BCUT2D eigenvalue weighted by Gasteiger charge is -2.23. The maximum atomic E-state index is 12.2. The maximum absolute atomic E-state index is 12.2. The van der Waals surface area contributed by atoms with Gasteiger partial charge in [0.1, 0.15) is 0 Å². The fourth-order valence-corrected chi connectivity index (χ4v) is 2.62. The number of aliphatic hydroxyl groups is 1. The van der Waals surface area contributed by atoms with Crippen molar-refractivity contribution in [1.29, 1.82) is 0 Å². The SMILES string of the molecule is CC1(c2ccc(Cl)c(Cl)c2)OC(NS(C)(=O)=O)=C(O)C1=O. The minimum absolute atomic E-state index is 0.204. The van der Waals surface area contributed by atoms with Crippen molar-refractivity contribution in [3.8, 4) is 0 Å². The smallest absolute Gasteiger partial charge is 0.250 e. The maximum Gasteiger partial charge on any atom is 0.250 e. The summed E-state index contributed by atoms with van der Waals surface area (Å²) in [7, 11) is -3.70. The van der Waals surface area contributed by atoms with E-state index in [9.17, 15) is 18.3 Å². The van der Waals surface area contributed by atoms with Crippen LogP contribution in [0.15, 0.2) is 29.8 Å². The van der Waals surface area contributed by atoms with Gasteiger partial charge < -0.3 is 9.84 Å². The Morgan fingerprint density at radius 2 is 1.90 bits per heavy atom. The lowest BCUT2D eigenvalue weighted by molar-refractivity contribution is -0.131. The summed E-state index contributed by atoms with van der Waals surface area (Å²) >= 11 is 11.7. The van der Waals surface area contributed by atoms with Crippen LogP contribution in [0.3, 0.4) is 0 Å². The highest BCUT2D eigenvalue weighted by molar-refractivity contribution is 7.88. The van der Waals surface area contributed by atoms with Gasteiger partial charge in [-0.05, 0) is 19.1 Å². The second-order valence-electron chi connectivity index (χ2n) is 4.65. The number of benzene rings is 1. The molecule has 1 aromatic carbocycles. The number of nitrogens with one attached hydrogen (secondary N) is 1. The molecule has 0 fully saturated rings. The molecule has 1 atom stereocenters. The van der Waals surface area contributed by atoms with Crippen LogP contribution >= 0.6 is 23.2 Å². The Morgan fingerprint density at radius 1 is 1.29 bits per heavy atom. The first-order chi connectivity index (χ1) is 9.54. The molecule has 0 saturated carbocycles. The zero-order chi connectivity index (χ0) is 16.0. The van der Waals surface area contributed by atoms with Gasteiger partial charge in [0.2, 0.25) is 21.7 Å². The van der Waals surface area contributed by atoms with E-state index in [1.165, 1.54) is 25.1 Å². The van der Waals surface area contributed by atoms with Gasteiger partial charge in [-0.2, -0.15) is 0 Å². The highest BCUT2D eigenvalue weighted by Crippen LogP contribution is 2.39. The van der Waals surface area contributed by atoms with Gasteiger partial charge >= 0.3 is 0 Å². The van der Waals surface area contributed by atoms with E-state index in [1.807, 2.05) is 4.72 Å². The summed E-state index contributed by atoms with van der Waals surface area (Å²) in [6.07, 6.45) is 0.871. The number of carbonyl (C=O) groups excluding carboxylic acids is 1. The van der Waals surface area contributed by atoms with Crippen molar-refractivity contribution in [1.82, 2.24) is 4.72 Å². The Balaban J connectivity index is 2.43.